The fraction of sp³-hybridized carbons (Fsp3) is 0.733. The fourth-order valence-electron chi connectivity index (χ4n) is 2.95. The Kier molecular flexibility index (Phi) is 6.14. The highest BCUT2D eigenvalue weighted by molar-refractivity contribution is 7.14. The Morgan fingerprint density at radius 2 is 2.43 bits per heavy atom. The molecule has 1 aromatic rings. The monoisotopic (exact) mass is 311 g/mol. The van der Waals surface area contributed by atoms with Gasteiger partial charge in [-0.2, -0.15) is 0 Å². The highest BCUT2D eigenvalue weighted by Gasteiger charge is 2.25. The molecule has 6 heteroatoms. The van der Waals surface area contributed by atoms with Gasteiger partial charge in [-0.1, -0.05) is 0 Å². The molecule has 1 saturated heterocycles. The van der Waals surface area contributed by atoms with E-state index in [0.29, 0.717) is 12.6 Å². The first kappa shape index (κ1) is 16.4. The zero-order chi connectivity index (χ0) is 15.2. The third-order valence-corrected chi connectivity index (χ3v) is 4.94. The number of carbonyl (C=O) groups is 1. The van der Waals surface area contributed by atoms with Crippen LogP contribution in [0.3, 0.4) is 0 Å². The molecule has 0 bridgehead atoms. The summed E-state index contributed by atoms with van der Waals surface area (Å²) in [5.41, 5.74) is 1.05. The number of anilines is 1. The summed E-state index contributed by atoms with van der Waals surface area (Å²) < 4.78 is 0. The summed E-state index contributed by atoms with van der Waals surface area (Å²) in [5, 5.41) is 11.8. The standard InChI is InChI=1S/C15H25N3O2S/c1-3-18(12(2)20)15-16-13(11-21-15)10-17-8-4-6-14(17)7-5-9-19/h11,14,19H,3-10H2,1-2H3. The van der Waals surface area contributed by atoms with Gasteiger partial charge in [0.1, 0.15) is 0 Å². The van der Waals surface area contributed by atoms with E-state index in [1.54, 1.807) is 23.2 Å². The van der Waals surface area contributed by atoms with E-state index in [2.05, 4.69) is 15.3 Å². The average molecular weight is 311 g/mol. The quantitative estimate of drug-likeness (QED) is 0.839. The summed E-state index contributed by atoms with van der Waals surface area (Å²) in [6.45, 7) is 6.43. The van der Waals surface area contributed by atoms with Crippen molar-refractivity contribution in [3.8, 4) is 0 Å². The lowest BCUT2D eigenvalue weighted by Gasteiger charge is -2.23. The molecule has 1 fully saturated rings. The number of hydrogen-bond donors (Lipinski definition) is 1. The molecular weight excluding hydrogens is 286 g/mol. The molecule has 1 aliphatic heterocycles. The van der Waals surface area contributed by atoms with Crippen LogP contribution in [0.15, 0.2) is 5.38 Å². The average Bonchev–Trinajstić information content (AvgIpc) is 3.07. The predicted octanol–water partition coefficient (Wildman–Crippen LogP) is 2.25. The topological polar surface area (TPSA) is 56.7 Å². The van der Waals surface area contributed by atoms with Crippen LogP contribution in [0.4, 0.5) is 5.13 Å². The minimum absolute atomic E-state index is 0.0420. The molecule has 1 amide bonds. The second kappa shape index (κ2) is 7.87. The number of hydrogen-bond acceptors (Lipinski definition) is 5. The van der Waals surface area contributed by atoms with Crippen LogP contribution in [-0.4, -0.2) is 46.6 Å². The second-order valence-corrected chi connectivity index (χ2v) is 6.35. The molecule has 0 aliphatic carbocycles. The van der Waals surface area contributed by atoms with Crippen LogP contribution >= 0.6 is 11.3 Å². The Balaban J connectivity index is 1.97. The third kappa shape index (κ3) is 4.25. The first-order valence-electron chi connectivity index (χ1n) is 7.73. The first-order valence-corrected chi connectivity index (χ1v) is 8.61. The third-order valence-electron chi connectivity index (χ3n) is 4.03. The van der Waals surface area contributed by atoms with Gasteiger partial charge >= 0.3 is 0 Å². The molecule has 1 N–H and O–H groups in total. The number of amides is 1. The summed E-state index contributed by atoms with van der Waals surface area (Å²) >= 11 is 1.54. The molecular formula is C15H25N3O2S. The maximum atomic E-state index is 11.6. The number of nitrogens with zero attached hydrogens (tertiary/aromatic N) is 3. The maximum absolute atomic E-state index is 11.6. The summed E-state index contributed by atoms with van der Waals surface area (Å²) in [7, 11) is 0. The normalized spacial score (nSPS) is 19.1. The number of aliphatic hydroxyl groups is 1. The number of aromatic nitrogens is 1. The van der Waals surface area contributed by atoms with Crippen molar-refractivity contribution in [2.24, 2.45) is 0 Å². The summed E-state index contributed by atoms with van der Waals surface area (Å²) in [5.74, 6) is 0.0420. The minimum Gasteiger partial charge on any atom is -0.396 e. The van der Waals surface area contributed by atoms with Gasteiger partial charge in [-0.05, 0) is 39.2 Å². The van der Waals surface area contributed by atoms with E-state index in [1.165, 1.54) is 12.8 Å². The molecule has 2 rings (SSSR count). The molecule has 5 nitrogen and oxygen atoms in total. The van der Waals surface area contributed by atoms with Crippen LogP contribution in [0.25, 0.3) is 0 Å². The SMILES string of the molecule is CCN(C(C)=O)c1nc(CN2CCCC2CCCO)cs1. The Morgan fingerprint density at radius 3 is 3.10 bits per heavy atom. The molecule has 1 unspecified atom stereocenters. The Bertz CT molecular complexity index is 464. The van der Waals surface area contributed by atoms with Gasteiger partial charge in [0.2, 0.25) is 5.91 Å². The number of thiazole rings is 1. The molecule has 1 atom stereocenters. The second-order valence-electron chi connectivity index (χ2n) is 5.52. The van der Waals surface area contributed by atoms with E-state index in [1.807, 2.05) is 6.92 Å². The smallest absolute Gasteiger partial charge is 0.225 e. The van der Waals surface area contributed by atoms with Crippen LogP contribution in [0, 0.1) is 0 Å². The molecule has 0 radical (unpaired) electrons. The van der Waals surface area contributed by atoms with E-state index in [9.17, 15) is 4.79 Å². The Hall–Kier alpha value is -0.980. The van der Waals surface area contributed by atoms with E-state index in [0.717, 1.165) is 36.8 Å². The number of rotatable bonds is 7. The molecule has 0 aromatic carbocycles. The summed E-state index contributed by atoms with van der Waals surface area (Å²) in [4.78, 5) is 20.3. The van der Waals surface area contributed by atoms with Gasteiger partial charge in [0, 0.05) is 38.0 Å². The van der Waals surface area contributed by atoms with E-state index < -0.39 is 0 Å². The van der Waals surface area contributed by atoms with Gasteiger partial charge < -0.3 is 5.11 Å². The lowest BCUT2D eigenvalue weighted by molar-refractivity contribution is -0.116. The molecule has 118 valence electrons. The minimum atomic E-state index is 0.0420. The fourth-order valence-corrected chi connectivity index (χ4v) is 3.87. The van der Waals surface area contributed by atoms with Gasteiger partial charge in [0.05, 0.1) is 5.69 Å². The number of carbonyl (C=O) groups excluding carboxylic acids is 1. The summed E-state index contributed by atoms with van der Waals surface area (Å²) in [6, 6.07) is 0.567. The van der Waals surface area contributed by atoms with Crippen molar-refractivity contribution < 1.29 is 9.90 Å². The maximum Gasteiger partial charge on any atom is 0.225 e. The van der Waals surface area contributed by atoms with Crippen LogP contribution in [0.1, 0.15) is 45.2 Å². The zero-order valence-corrected chi connectivity index (χ0v) is 13.7. The highest BCUT2D eigenvalue weighted by Crippen LogP contribution is 2.26. The Labute approximate surface area is 130 Å². The van der Waals surface area contributed by atoms with Crippen LogP contribution in [0.2, 0.25) is 0 Å². The van der Waals surface area contributed by atoms with Crippen molar-refractivity contribution >= 4 is 22.4 Å². The van der Waals surface area contributed by atoms with Gasteiger partial charge in [0.25, 0.3) is 0 Å². The van der Waals surface area contributed by atoms with Crippen LogP contribution in [-0.2, 0) is 11.3 Å². The molecule has 1 aromatic heterocycles. The number of likely N-dealkylation sites (tertiary alicyclic amines) is 1. The first-order chi connectivity index (χ1) is 10.2. The van der Waals surface area contributed by atoms with Crippen LogP contribution < -0.4 is 4.90 Å². The largest absolute Gasteiger partial charge is 0.396 e. The van der Waals surface area contributed by atoms with Gasteiger partial charge in [-0.25, -0.2) is 4.98 Å². The molecule has 0 spiro atoms. The lowest BCUT2D eigenvalue weighted by atomic mass is 10.1. The molecule has 21 heavy (non-hydrogen) atoms. The number of aliphatic hydroxyl groups excluding tert-OH is 1. The van der Waals surface area contributed by atoms with Crippen molar-refractivity contribution in [1.82, 2.24) is 9.88 Å². The Morgan fingerprint density at radius 1 is 1.62 bits per heavy atom. The zero-order valence-electron chi connectivity index (χ0n) is 12.9. The van der Waals surface area contributed by atoms with Crippen molar-refractivity contribution in [3.63, 3.8) is 0 Å². The van der Waals surface area contributed by atoms with Gasteiger partial charge in [-0.3, -0.25) is 14.6 Å². The van der Waals surface area contributed by atoms with E-state index in [4.69, 9.17) is 5.11 Å². The molecule has 1 aliphatic rings. The lowest BCUT2D eigenvalue weighted by Crippen LogP contribution is -2.30. The van der Waals surface area contributed by atoms with E-state index in [-0.39, 0.29) is 12.5 Å². The van der Waals surface area contributed by atoms with Gasteiger partial charge in [-0.15, -0.1) is 11.3 Å². The van der Waals surface area contributed by atoms with E-state index >= 15 is 0 Å². The van der Waals surface area contributed by atoms with Crippen molar-refractivity contribution in [1.29, 1.82) is 0 Å². The molecule has 2 heterocycles. The summed E-state index contributed by atoms with van der Waals surface area (Å²) in [6.07, 6.45) is 4.37. The van der Waals surface area contributed by atoms with Crippen molar-refractivity contribution in [2.75, 3.05) is 24.6 Å². The highest BCUT2D eigenvalue weighted by atomic mass is 32.1. The van der Waals surface area contributed by atoms with Crippen molar-refractivity contribution in [2.45, 2.75) is 52.1 Å². The predicted molar refractivity (Wildman–Crippen MR) is 85.6 cm³/mol. The van der Waals surface area contributed by atoms with Crippen LogP contribution in [0.5, 0.6) is 0 Å². The molecule has 0 saturated carbocycles. The van der Waals surface area contributed by atoms with Crippen molar-refractivity contribution in [3.05, 3.63) is 11.1 Å². The van der Waals surface area contributed by atoms with Gasteiger partial charge in [0.15, 0.2) is 5.13 Å².